The molecule has 6 heteroatoms. The predicted molar refractivity (Wildman–Crippen MR) is 102 cm³/mol. The van der Waals surface area contributed by atoms with E-state index in [2.05, 4.69) is 26.1 Å². The van der Waals surface area contributed by atoms with Crippen molar-refractivity contribution in [3.05, 3.63) is 29.5 Å². The van der Waals surface area contributed by atoms with Crippen LogP contribution in [-0.4, -0.2) is 47.0 Å². The first kappa shape index (κ1) is 20.3. The Morgan fingerprint density at radius 3 is 2.65 bits per heavy atom. The summed E-state index contributed by atoms with van der Waals surface area (Å²) < 4.78 is 12.9. The van der Waals surface area contributed by atoms with Gasteiger partial charge >= 0.3 is 5.97 Å². The second-order valence-corrected chi connectivity index (χ2v) is 7.69. The van der Waals surface area contributed by atoms with Crippen LogP contribution in [0.4, 0.5) is 0 Å². The predicted octanol–water partition coefficient (Wildman–Crippen LogP) is 1.77. The number of quaternary nitrogens is 1. The number of esters is 1. The monoisotopic (exact) mass is 363 g/mol. The fourth-order valence-corrected chi connectivity index (χ4v) is 2.85. The highest BCUT2D eigenvalue weighted by Crippen LogP contribution is 2.29. The molecule has 0 spiro atoms. The van der Waals surface area contributed by atoms with Crippen molar-refractivity contribution in [3.63, 3.8) is 0 Å². The van der Waals surface area contributed by atoms with E-state index in [0.717, 1.165) is 16.6 Å². The number of aryl methyl sites for hydroxylation is 1. The molecule has 0 amide bonds. The van der Waals surface area contributed by atoms with E-state index in [1.54, 1.807) is 6.92 Å². The van der Waals surface area contributed by atoms with Crippen LogP contribution in [0.1, 0.15) is 43.7 Å². The van der Waals surface area contributed by atoms with Gasteiger partial charge in [0.05, 0.1) is 17.7 Å². The third-order valence-corrected chi connectivity index (χ3v) is 4.39. The molecule has 0 saturated carbocycles. The zero-order valence-electron chi connectivity index (χ0n) is 16.6. The van der Waals surface area contributed by atoms with Gasteiger partial charge in [0.2, 0.25) is 0 Å². The molecular weight excluding hydrogens is 332 g/mol. The van der Waals surface area contributed by atoms with Gasteiger partial charge in [-0.15, -0.1) is 0 Å². The highest BCUT2D eigenvalue weighted by Gasteiger charge is 2.21. The molecule has 1 unspecified atom stereocenters. The second-order valence-electron chi connectivity index (χ2n) is 7.69. The van der Waals surface area contributed by atoms with E-state index in [-0.39, 0.29) is 18.1 Å². The van der Waals surface area contributed by atoms with Gasteiger partial charge in [-0.1, -0.05) is 0 Å². The SMILES string of the molecule is CCOC(=O)c1c(C)n(C)c2ccc(OCC(O)C[NH2+]C(C)(C)C)cc12. The molecule has 0 aliphatic carbocycles. The zero-order valence-corrected chi connectivity index (χ0v) is 16.6. The van der Waals surface area contributed by atoms with Crippen molar-refractivity contribution in [2.75, 3.05) is 19.8 Å². The Bertz CT molecular complexity index is 774. The van der Waals surface area contributed by atoms with Gasteiger partial charge in [-0.3, -0.25) is 0 Å². The summed E-state index contributed by atoms with van der Waals surface area (Å²) in [5, 5.41) is 13.0. The Hall–Kier alpha value is -2.05. The first-order valence-corrected chi connectivity index (χ1v) is 9.05. The molecule has 1 aromatic heterocycles. The number of hydrogen-bond acceptors (Lipinski definition) is 4. The fraction of sp³-hybridized carbons (Fsp3) is 0.550. The normalized spacial score (nSPS) is 13.0. The standard InChI is InChI=1S/C20H30N2O4/c1-7-25-19(24)18-13(2)22(6)17-9-8-15(10-16(17)18)26-12-14(23)11-21-20(3,4)5/h8-10,14,21,23H,7,11-12H2,1-6H3/p+1. The zero-order chi connectivity index (χ0) is 19.5. The molecule has 0 fully saturated rings. The number of nitrogens with two attached hydrogens (primary N) is 1. The Morgan fingerprint density at radius 1 is 1.35 bits per heavy atom. The van der Waals surface area contributed by atoms with Gasteiger partial charge < -0.3 is 24.5 Å². The number of rotatable bonds is 7. The lowest BCUT2D eigenvalue weighted by Gasteiger charge is -2.19. The molecule has 2 aromatic rings. The molecule has 0 aliphatic heterocycles. The number of aliphatic hydroxyl groups excluding tert-OH is 1. The number of aliphatic hydroxyl groups is 1. The van der Waals surface area contributed by atoms with Gasteiger partial charge in [0.1, 0.15) is 25.0 Å². The van der Waals surface area contributed by atoms with Crippen molar-refractivity contribution in [2.45, 2.75) is 46.3 Å². The summed E-state index contributed by atoms with van der Waals surface area (Å²) in [6, 6.07) is 5.62. The lowest BCUT2D eigenvalue weighted by Crippen LogP contribution is -2.96. The minimum Gasteiger partial charge on any atom is -0.491 e. The number of aromatic nitrogens is 1. The van der Waals surface area contributed by atoms with E-state index in [0.29, 0.717) is 24.5 Å². The number of nitrogens with zero attached hydrogens (tertiary/aromatic N) is 1. The summed E-state index contributed by atoms with van der Waals surface area (Å²) in [4.78, 5) is 12.3. The van der Waals surface area contributed by atoms with Crippen LogP contribution in [0, 0.1) is 6.92 Å². The highest BCUT2D eigenvalue weighted by molar-refractivity contribution is 6.06. The summed E-state index contributed by atoms with van der Waals surface area (Å²) in [5.74, 6) is 0.302. The van der Waals surface area contributed by atoms with Crippen molar-refractivity contribution in [1.82, 2.24) is 4.57 Å². The van der Waals surface area contributed by atoms with Gasteiger partial charge in [0, 0.05) is 23.6 Å². The van der Waals surface area contributed by atoms with Crippen LogP contribution in [0.15, 0.2) is 18.2 Å². The second kappa shape index (κ2) is 8.10. The minimum absolute atomic E-state index is 0.0655. The molecule has 1 aromatic carbocycles. The van der Waals surface area contributed by atoms with Crippen molar-refractivity contribution >= 4 is 16.9 Å². The van der Waals surface area contributed by atoms with Gasteiger partial charge in [0.25, 0.3) is 0 Å². The molecule has 0 radical (unpaired) electrons. The van der Waals surface area contributed by atoms with Crippen LogP contribution < -0.4 is 10.1 Å². The number of carbonyl (C=O) groups is 1. The molecular formula is C20H31N2O4+. The molecule has 6 nitrogen and oxygen atoms in total. The van der Waals surface area contributed by atoms with Crippen LogP contribution in [-0.2, 0) is 11.8 Å². The van der Waals surface area contributed by atoms with Gasteiger partial charge in [-0.25, -0.2) is 4.79 Å². The summed E-state index contributed by atoms with van der Waals surface area (Å²) in [7, 11) is 1.92. The molecule has 26 heavy (non-hydrogen) atoms. The molecule has 3 N–H and O–H groups in total. The first-order valence-electron chi connectivity index (χ1n) is 9.05. The summed E-state index contributed by atoms with van der Waals surface area (Å²) in [6.45, 7) is 11.1. The quantitative estimate of drug-likeness (QED) is 0.735. The number of ether oxygens (including phenoxy) is 2. The van der Waals surface area contributed by atoms with Crippen LogP contribution in [0.25, 0.3) is 10.9 Å². The third-order valence-electron chi connectivity index (χ3n) is 4.39. The maximum atomic E-state index is 12.3. The van der Waals surface area contributed by atoms with E-state index in [1.807, 2.05) is 36.7 Å². The molecule has 0 bridgehead atoms. The molecule has 0 aliphatic rings. The smallest absolute Gasteiger partial charge is 0.340 e. The van der Waals surface area contributed by atoms with Crippen LogP contribution in [0.2, 0.25) is 0 Å². The Balaban J connectivity index is 2.17. The molecule has 1 atom stereocenters. The number of fused-ring (bicyclic) bond motifs is 1. The summed E-state index contributed by atoms with van der Waals surface area (Å²) in [5.41, 5.74) is 2.43. The Morgan fingerprint density at radius 2 is 2.04 bits per heavy atom. The van der Waals surface area contributed by atoms with Gasteiger partial charge in [-0.2, -0.15) is 0 Å². The summed E-state index contributed by atoms with van der Waals surface area (Å²) in [6.07, 6.45) is -0.563. The van der Waals surface area contributed by atoms with Crippen LogP contribution in [0.5, 0.6) is 5.75 Å². The Labute approximate surface area is 155 Å². The van der Waals surface area contributed by atoms with Crippen LogP contribution >= 0.6 is 0 Å². The summed E-state index contributed by atoms with van der Waals surface area (Å²) >= 11 is 0. The maximum absolute atomic E-state index is 12.3. The molecule has 144 valence electrons. The van der Waals surface area contributed by atoms with Crippen LogP contribution in [0.3, 0.4) is 0 Å². The number of benzene rings is 1. The molecule has 0 saturated heterocycles. The maximum Gasteiger partial charge on any atom is 0.340 e. The van der Waals surface area contributed by atoms with E-state index >= 15 is 0 Å². The average Bonchev–Trinajstić information content (AvgIpc) is 2.81. The largest absolute Gasteiger partial charge is 0.491 e. The fourth-order valence-electron chi connectivity index (χ4n) is 2.85. The van der Waals surface area contributed by atoms with Gasteiger partial charge in [-0.05, 0) is 52.8 Å². The number of carbonyl (C=O) groups excluding carboxylic acids is 1. The molecule has 2 rings (SSSR count). The lowest BCUT2D eigenvalue weighted by molar-refractivity contribution is -0.722. The van der Waals surface area contributed by atoms with E-state index < -0.39 is 6.10 Å². The topological polar surface area (TPSA) is 77.3 Å². The molecule has 1 heterocycles. The van der Waals surface area contributed by atoms with Crippen molar-refractivity contribution < 1.29 is 24.7 Å². The van der Waals surface area contributed by atoms with E-state index in [4.69, 9.17) is 9.47 Å². The number of hydrogen-bond donors (Lipinski definition) is 2. The van der Waals surface area contributed by atoms with E-state index in [1.165, 1.54) is 0 Å². The van der Waals surface area contributed by atoms with E-state index in [9.17, 15) is 9.90 Å². The minimum atomic E-state index is -0.563. The van der Waals surface area contributed by atoms with Crippen molar-refractivity contribution in [2.24, 2.45) is 7.05 Å². The Kier molecular flexibility index (Phi) is 6.31. The highest BCUT2D eigenvalue weighted by atomic mass is 16.5. The lowest BCUT2D eigenvalue weighted by atomic mass is 10.1. The first-order chi connectivity index (χ1) is 12.1. The third kappa shape index (κ3) is 4.77. The van der Waals surface area contributed by atoms with Gasteiger partial charge in [0.15, 0.2) is 0 Å². The van der Waals surface area contributed by atoms with Crippen molar-refractivity contribution in [3.8, 4) is 5.75 Å². The average molecular weight is 363 g/mol. The van der Waals surface area contributed by atoms with Crippen molar-refractivity contribution in [1.29, 1.82) is 0 Å².